The molecule has 0 fully saturated rings. The minimum Gasteiger partial charge on any atom is -0.454 e. The third-order valence-corrected chi connectivity index (χ3v) is 2.77. The summed E-state index contributed by atoms with van der Waals surface area (Å²) in [4.78, 5) is 3.86. The van der Waals surface area contributed by atoms with E-state index in [0.29, 0.717) is 10.2 Å². The molecule has 0 saturated carbocycles. The molecule has 7 heteroatoms. The molecule has 102 valence electrons. The predicted octanol–water partition coefficient (Wildman–Crippen LogP) is 4.53. The number of pyridine rings is 1. The SMILES string of the molecule is N#Cc1cc(C(F)(F)F)ccc1Oc1cncc(Br)c1. The van der Waals surface area contributed by atoms with Gasteiger partial charge in [-0.2, -0.15) is 18.4 Å². The van der Waals surface area contributed by atoms with Crippen molar-refractivity contribution in [3.63, 3.8) is 0 Å². The Labute approximate surface area is 120 Å². The lowest BCUT2D eigenvalue weighted by molar-refractivity contribution is -0.137. The molecule has 20 heavy (non-hydrogen) atoms. The summed E-state index contributed by atoms with van der Waals surface area (Å²) in [5.74, 6) is 0.357. The van der Waals surface area contributed by atoms with Crippen LogP contribution < -0.4 is 4.74 Å². The van der Waals surface area contributed by atoms with Crippen molar-refractivity contribution in [2.75, 3.05) is 0 Å². The summed E-state index contributed by atoms with van der Waals surface area (Å²) in [5, 5.41) is 8.92. The van der Waals surface area contributed by atoms with Crippen molar-refractivity contribution in [3.05, 3.63) is 52.3 Å². The van der Waals surface area contributed by atoms with Crippen LogP contribution in [0.15, 0.2) is 41.1 Å². The highest BCUT2D eigenvalue weighted by Gasteiger charge is 2.31. The first-order valence-electron chi connectivity index (χ1n) is 5.30. The van der Waals surface area contributed by atoms with E-state index in [4.69, 9.17) is 10.00 Å². The van der Waals surface area contributed by atoms with Crippen LogP contribution >= 0.6 is 15.9 Å². The molecule has 3 nitrogen and oxygen atoms in total. The van der Waals surface area contributed by atoms with Gasteiger partial charge in [-0.05, 0) is 40.2 Å². The topological polar surface area (TPSA) is 45.9 Å². The quantitative estimate of drug-likeness (QED) is 0.805. The number of rotatable bonds is 2. The van der Waals surface area contributed by atoms with Crippen LogP contribution in [0.3, 0.4) is 0 Å². The molecule has 0 N–H and O–H groups in total. The monoisotopic (exact) mass is 342 g/mol. The minimum atomic E-state index is -4.50. The van der Waals surface area contributed by atoms with Gasteiger partial charge in [0.1, 0.15) is 17.6 Å². The molecule has 1 heterocycles. The molecular formula is C13H6BrF3N2O. The van der Waals surface area contributed by atoms with Crippen LogP contribution in [-0.4, -0.2) is 4.98 Å². The Bertz CT molecular complexity index is 680. The number of nitrogens with zero attached hydrogens (tertiary/aromatic N) is 2. The highest BCUT2D eigenvalue weighted by atomic mass is 79.9. The Balaban J connectivity index is 2.36. The first-order valence-corrected chi connectivity index (χ1v) is 6.09. The van der Waals surface area contributed by atoms with Gasteiger partial charge >= 0.3 is 6.18 Å². The third kappa shape index (κ3) is 3.27. The zero-order valence-electron chi connectivity index (χ0n) is 9.78. The third-order valence-electron chi connectivity index (χ3n) is 2.33. The molecule has 0 unspecified atom stereocenters. The van der Waals surface area contributed by atoms with Crippen LogP contribution in [0, 0.1) is 11.3 Å². The number of aromatic nitrogens is 1. The normalized spacial score (nSPS) is 10.9. The van der Waals surface area contributed by atoms with Crippen LogP contribution in [-0.2, 0) is 6.18 Å². The molecule has 0 aliphatic rings. The summed E-state index contributed by atoms with van der Waals surface area (Å²) in [7, 11) is 0. The average Bonchev–Trinajstić information content (AvgIpc) is 2.38. The summed E-state index contributed by atoms with van der Waals surface area (Å²) < 4.78 is 43.7. The Hall–Kier alpha value is -2.07. The number of hydrogen-bond donors (Lipinski definition) is 0. The van der Waals surface area contributed by atoms with E-state index in [2.05, 4.69) is 20.9 Å². The Morgan fingerprint density at radius 2 is 1.95 bits per heavy atom. The largest absolute Gasteiger partial charge is 0.454 e. The van der Waals surface area contributed by atoms with Crippen molar-refractivity contribution in [2.45, 2.75) is 6.18 Å². The first-order chi connectivity index (χ1) is 9.40. The van der Waals surface area contributed by atoms with Crippen molar-refractivity contribution in [3.8, 4) is 17.6 Å². The van der Waals surface area contributed by atoms with Gasteiger partial charge in [0.05, 0.1) is 17.3 Å². The van der Waals surface area contributed by atoms with Gasteiger partial charge in [-0.25, -0.2) is 0 Å². The van der Waals surface area contributed by atoms with Crippen LogP contribution in [0.25, 0.3) is 0 Å². The number of nitriles is 1. The van der Waals surface area contributed by atoms with E-state index in [1.54, 1.807) is 12.1 Å². The fourth-order valence-electron chi connectivity index (χ4n) is 1.46. The number of hydrogen-bond acceptors (Lipinski definition) is 3. The molecule has 0 aliphatic heterocycles. The molecule has 0 spiro atoms. The van der Waals surface area contributed by atoms with E-state index in [0.717, 1.165) is 18.2 Å². The molecule has 0 aliphatic carbocycles. The number of alkyl halides is 3. The molecule has 1 aromatic heterocycles. The maximum atomic E-state index is 12.5. The van der Waals surface area contributed by atoms with Gasteiger partial charge in [-0.15, -0.1) is 0 Å². The lowest BCUT2D eigenvalue weighted by Gasteiger charge is -2.10. The van der Waals surface area contributed by atoms with E-state index in [-0.39, 0.29) is 11.3 Å². The number of benzene rings is 1. The van der Waals surface area contributed by atoms with E-state index < -0.39 is 11.7 Å². The Kier molecular flexibility index (Phi) is 3.95. The minimum absolute atomic E-state index is 0.0420. The molecule has 0 saturated heterocycles. The van der Waals surface area contributed by atoms with Crippen molar-refractivity contribution in [2.24, 2.45) is 0 Å². The molecule has 0 bridgehead atoms. The first kappa shape index (κ1) is 14.3. The molecule has 2 rings (SSSR count). The Morgan fingerprint density at radius 1 is 1.20 bits per heavy atom. The zero-order valence-corrected chi connectivity index (χ0v) is 11.4. The average molecular weight is 343 g/mol. The predicted molar refractivity (Wildman–Crippen MR) is 68.2 cm³/mol. The van der Waals surface area contributed by atoms with E-state index in [1.807, 2.05) is 0 Å². The molecule has 0 amide bonds. The lowest BCUT2D eigenvalue weighted by atomic mass is 10.1. The molecule has 1 aromatic carbocycles. The van der Waals surface area contributed by atoms with Crippen LogP contribution in [0.5, 0.6) is 11.5 Å². The van der Waals surface area contributed by atoms with Crippen LogP contribution in [0.1, 0.15) is 11.1 Å². The summed E-state index contributed by atoms with van der Waals surface area (Å²) in [5.41, 5.74) is -1.09. The molecule has 0 radical (unpaired) electrons. The maximum absolute atomic E-state index is 12.5. The number of halogens is 4. The summed E-state index contributed by atoms with van der Waals surface area (Å²) in [6.07, 6.45) is -1.57. The Morgan fingerprint density at radius 3 is 2.55 bits per heavy atom. The highest BCUT2D eigenvalue weighted by Crippen LogP contribution is 2.34. The second kappa shape index (κ2) is 5.51. The van der Waals surface area contributed by atoms with Crippen molar-refractivity contribution in [1.82, 2.24) is 4.98 Å². The number of ether oxygens (including phenoxy) is 1. The van der Waals surface area contributed by atoms with E-state index in [9.17, 15) is 13.2 Å². The van der Waals surface area contributed by atoms with Gasteiger partial charge in [0.15, 0.2) is 0 Å². The van der Waals surface area contributed by atoms with E-state index in [1.165, 1.54) is 12.4 Å². The van der Waals surface area contributed by atoms with Gasteiger partial charge in [0, 0.05) is 10.7 Å². The molecule has 2 aromatic rings. The summed E-state index contributed by atoms with van der Waals surface area (Å²) >= 11 is 3.19. The molecule has 0 atom stereocenters. The van der Waals surface area contributed by atoms with E-state index >= 15 is 0 Å². The highest BCUT2D eigenvalue weighted by molar-refractivity contribution is 9.10. The summed E-state index contributed by atoms with van der Waals surface area (Å²) in [6, 6.07) is 6.00. The van der Waals surface area contributed by atoms with Crippen molar-refractivity contribution >= 4 is 15.9 Å². The zero-order chi connectivity index (χ0) is 14.8. The second-order valence-corrected chi connectivity index (χ2v) is 4.68. The summed E-state index contributed by atoms with van der Waals surface area (Å²) in [6.45, 7) is 0. The van der Waals surface area contributed by atoms with Crippen LogP contribution in [0.2, 0.25) is 0 Å². The fourth-order valence-corrected chi connectivity index (χ4v) is 1.80. The van der Waals surface area contributed by atoms with Gasteiger partial charge < -0.3 is 4.74 Å². The fraction of sp³-hybridized carbons (Fsp3) is 0.0769. The molecular weight excluding hydrogens is 337 g/mol. The second-order valence-electron chi connectivity index (χ2n) is 3.76. The van der Waals surface area contributed by atoms with Crippen molar-refractivity contribution in [1.29, 1.82) is 5.26 Å². The van der Waals surface area contributed by atoms with Gasteiger partial charge in [-0.1, -0.05) is 0 Å². The van der Waals surface area contributed by atoms with Gasteiger partial charge in [0.25, 0.3) is 0 Å². The van der Waals surface area contributed by atoms with Crippen LogP contribution in [0.4, 0.5) is 13.2 Å². The van der Waals surface area contributed by atoms with Gasteiger partial charge in [-0.3, -0.25) is 4.98 Å². The smallest absolute Gasteiger partial charge is 0.416 e. The lowest BCUT2D eigenvalue weighted by Crippen LogP contribution is -2.05. The van der Waals surface area contributed by atoms with Gasteiger partial charge in [0.2, 0.25) is 0 Å². The maximum Gasteiger partial charge on any atom is 0.416 e. The van der Waals surface area contributed by atoms with Crippen molar-refractivity contribution < 1.29 is 17.9 Å². The standard InChI is InChI=1S/C13H6BrF3N2O/c14-10-4-11(7-19-6-10)20-12-2-1-9(13(15,16)17)3-8(12)5-18/h1-4,6-7H.